The van der Waals surface area contributed by atoms with Crippen LogP contribution in [-0.4, -0.2) is 12.9 Å². The minimum absolute atomic E-state index is 0.131. The van der Waals surface area contributed by atoms with Crippen molar-refractivity contribution in [3.63, 3.8) is 0 Å². The number of fused-ring (bicyclic) bond motifs is 1. The Morgan fingerprint density at radius 3 is 2.95 bits per heavy atom. The van der Waals surface area contributed by atoms with Crippen LogP contribution in [0.2, 0.25) is 0 Å². The standard InChI is InChI=1S/C16H16FNOS/c1-19-12-6-7-14(17)15(8-12)18-16-10-20-9-11-4-2-3-5-13(11)16/h2-8,16,18H,9-10H2,1H3. The molecule has 20 heavy (non-hydrogen) atoms. The summed E-state index contributed by atoms with van der Waals surface area (Å²) in [5.74, 6) is 2.37. The number of nitrogens with one attached hydrogen (secondary N) is 1. The minimum Gasteiger partial charge on any atom is -0.497 e. The molecule has 2 aromatic rings. The SMILES string of the molecule is COc1ccc(F)c(NC2CSCc3ccccc32)c1. The smallest absolute Gasteiger partial charge is 0.146 e. The highest BCUT2D eigenvalue weighted by Gasteiger charge is 2.21. The summed E-state index contributed by atoms with van der Waals surface area (Å²) in [7, 11) is 1.59. The number of thioether (sulfide) groups is 1. The highest BCUT2D eigenvalue weighted by molar-refractivity contribution is 7.98. The van der Waals surface area contributed by atoms with Crippen LogP contribution in [0.25, 0.3) is 0 Å². The molecular weight excluding hydrogens is 273 g/mol. The average molecular weight is 289 g/mol. The van der Waals surface area contributed by atoms with Crippen molar-refractivity contribution in [2.45, 2.75) is 11.8 Å². The predicted octanol–water partition coefficient (Wildman–Crippen LogP) is 4.23. The number of hydrogen-bond donors (Lipinski definition) is 1. The van der Waals surface area contributed by atoms with Gasteiger partial charge in [0.25, 0.3) is 0 Å². The van der Waals surface area contributed by atoms with Gasteiger partial charge in [-0.15, -0.1) is 0 Å². The zero-order valence-electron chi connectivity index (χ0n) is 11.2. The summed E-state index contributed by atoms with van der Waals surface area (Å²) in [5, 5.41) is 3.30. The van der Waals surface area contributed by atoms with Crippen LogP contribution in [0, 0.1) is 5.82 Å². The summed E-state index contributed by atoms with van der Waals surface area (Å²) in [6.07, 6.45) is 0. The van der Waals surface area contributed by atoms with E-state index in [0.29, 0.717) is 11.4 Å². The molecule has 0 amide bonds. The fourth-order valence-electron chi connectivity index (χ4n) is 2.43. The van der Waals surface area contributed by atoms with Crippen molar-refractivity contribution in [3.8, 4) is 5.75 Å². The fraction of sp³-hybridized carbons (Fsp3) is 0.250. The normalized spacial score (nSPS) is 17.4. The molecule has 1 aliphatic heterocycles. The third-order valence-electron chi connectivity index (χ3n) is 3.48. The fourth-order valence-corrected chi connectivity index (χ4v) is 3.53. The molecule has 0 radical (unpaired) electrons. The maximum Gasteiger partial charge on any atom is 0.146 e. The Hall–Kier alpha value is -1.68. The van der Waals surface area contributed by atoms with Crippen LogP contribution in [0.4, 0.5) is 10.1 Å². The summed E-state index contributed by atoms with van der Waals surface area (Å²) in [6.45, 7) is 0. The number of methoxy groups -OCH3 is 1. The van der Waals surface area contributed by atoms with Gasteiger partial charge < -0.3 is 10.1 Å². The molecule has 2 aromatic carbocycles. The van der Waals surface area contributed by atoms with Crippen molar-refractivity contribution in [1.82, 2.24) is 0 Å². The molecular formula is C16H16FNOS. The molecule has 1 aliphatic rings. The van der Waals surface area contributed by atoms with E-state index in [9.17, 15) is 4.39 Å². The van der Waals surface area contributed by atoms with Gasteiger partial charge in [0.15, 0.2) is 0 Å². The van der Waals surface area contributed by atoms with E-state index < -0.39 is 0 Å². The molecule has 0 saturated heterocycles. The topological polar surface area (TPSA) is 21.3 Å². The molecule has 1 unspecified atom stereocenters. The van der Waals surface area contributed by atoms with Crippen molar-refractivity contribution >= 4 is 17.4 Å². The van der Waals surface area contributed by atoms with E-state index >= 15 is 0 Å². The van der Waals surface area contributed by atoms with Gasteiger partial charge >= 0.3 is 0 Å². The summed E-state index contributed by atoms with van der Waals surface area (Å²) < 4.78 is 19.1. The van der Waals surface area contributed by atoms with Crippen LogP contribution in [0.3, 0.4) is 0 Å². The van der Waals surface area contributed by atoms with E-state index in [4.69, 9.17) is 4.74 Å². The van der Waals surface area contributed by atoms with Crippen LogP contribution in [-0.2, 0) is 5.75 Å². The number of hydrogen-bond acceptors (Lipinski definition) is 3. The molecule has 0 saturated carbocycles. The van der Waals surface area contributed by atoms with Crippen molar-refractivity contribution in [2.75, 3.05) is 18.2 Å². The van der Waals surface area contributed by atoms with Crippen molar-refractivity contribution < 1.29 is 9.13 Å². The highest BCUT2D eigenvalue weighted by atomic mass is 32.2. The molecule has 4 heteroatoms. The number of halogens is 1. The van der Waals surface area contributed by atoms with Crippen LogP contribution in [0.1, 0.15) is 17.2 Å². The average Bonchev–Trinajstić information content (AvgIpc) is 2.50. The molecule has 1 heterocycles. The van der Waals surface area contributed by atoms with Crippen LogP contribution < -0.4 is 10.1 Å². The number of benzene rings is 2. The van der Waals surface area contributed by atoms with Gasteiger partial charge in [-0.25, -0.2) is 4.39 Å². The molecule has 0 bridgehead atoms. The van der Waals surface area contributed by atoms with E-state index in [0.717, 1.165) is 11.5 Å². The van der Waals surface area contributed by atoms with E-state index in [1.54, 1.807) is 19.2 Å². The monoisotopic (exact) mass is 289 g/mol. The third kappa shape index (κ3) is 2.61. The summed E-state index contributed by atoms with van der Waals surface area (Å²) in [4.78, 5) is 0. The van der Waals surface area contributed by atoms with Crippen LogP contribution in [0.5, 0.6) is 5.75 Å². The number of anilines is 1. The van der Waals surface area contributed by atoms with E-state index in [1.165, 1.54) is 17.2 Å². The van der Waals surface area contributed by atoms with Crippen molar-refractivity contribution in [2.24, 2.45) is 0 Å². The lowest BCUT2D eigenvalue weighted by Gasteiger charge is -2.27. The van der Waals surface area contributed by atoms with Gasteiger partial charge in [-0.3, -0.25) is 0 Å². The second-order valence-electron chi connectivity index (χ2n) is 4.76. The van der Waals surface area contributed by atoms with E-state index in [2.05, 4.69) is 17.4 Å². The van der Waals surface area contributed by atoms with E-state index in [1.807, 2.05) is 23.9 Å². The largest absolute Gasteiger partial charge is 0.497 e. The zero-order chi connectivity index (χ0) is 13.9. The van der Waals surface area contributed by atoms with E-state index in [-0.39, 0.29) is 11.9 Å². The van der Waals surface area contributed by atoms with Crippen LogP contribution >= 0.6 is 11.8 Å². The molecule has 1 N–H and O–H groups in total. The first-order valence-corrected chi connectivity index (χ1v) is 7.69. The Bertz CT molecular complexity index is 617. The Morgan fingerprint density at radius 2 is 2.10 bits per heavy atom. The van der Waals surface area contributed by atoms with Crippen LogP contribution in [0.15, 0.2) is 42.5 Å². The van der Waals surface area contributed by atoms with Gasteiger partial charge in [0, 0.05) is 17.6 Å². The second-order valence-corrected chi connectivity index (χ2v) is 5.79. The summed E-state index contributed by atoms with van der Waals surface area (Å²) in [6, 6.07) is 13.2. The van der Waals surface area contributed by atoms with Gasteiger partial charge in [-0.2, -0.15) is 11.8 Å². The Morgan fingerprint density at radius 1 is 1.25 bits per heavy atom. The minimum atomic E-state index is -0.251. The van der Waals surface area contributed by atoms with Gasteiger partial charge in [0.05, 0.1) is 18.8 Å². The van der Waals surface area contributed by atoms with Gasteiger partial charge in [-0.1, -0.05) is 24.3 Å². The van der Waals surface area contributed by atoms with Crippen molar-refractivity contribution in [3.05, 3.63) is 59.4 Å². The molecule has 104 valence electrons. The van der Waals surface area contributed by atoms with Gasteiger partial charge in [0.1, 0.15) is 11.6 Å². The number of rotatable bonds is 3. The quantitative estimate of drug-likeness (QED) is 0.913. The predicted molar refractivity (Wildman–Crippen MR) is 81.9 cm³/mol. The van der Waals surface area contributed by atoms with Gasteiger partial charge in [0.2, 0.25) is 0 Å². The maximum absolute atomic E-state index is 13.9. The summed E-state index contributed by atoms with van der Waals surface area (Å²) >= 11 is 1.86. The molecule has 1 atom stereocenters. The molecule has 3 rings (SSSR count). The molecule has 0 spiro atoms. The Labute approximate surface area is 122 Å². The van der Waals surface area contributed by atoms with Crippen molar-refractivity contribution in [1.29, 1.82) is 0 Å². The molecule has 2 nitrogen and oxygen atoms in total. The van der Waals surface area contributed by atoms with Gasteiger partial charge in [-0.05, 0) is 23.3 Å². The zero-order valence-corrected chi connectivity index (χ0v) is 12.0. The first kappa shape index (κ1) is 13.3. The lowest BCUT2D eigenvalue weighted by atomic mass is 10.0. The highest BCUT2D eigenvalue weighted by Crippen LogP contribution is 2.35. The Kier molecular flexibility index (Phi) is 3.83. The molecule has 0 aromatic heterocycles. The molecule has 0 aliphatic carbocycles. The lowest BCUT2D eigenvalue weighted by molar-refractivity contribution is 0.414. The maximum atomic E-state index is 13.9. The second kappa shape index (κ2) is 5.75. The lowest BCUT2D eigenvalue weighted by Crippen LogP contribution is -2.19. The Balaban J connectivity index is 1.89. The first-order valence-electron chi connectivity index (χ1n) is 6.53. The third-order valence-corrected chi connectivity index (χ3v) is 4.56. The number of ether oxygens (including phenoxy) is 1. The first-order chi connectivity index (χ1) is 9.78. The molecule has 0 fully saturated rings. The summed E-state index contributed by atoms with van der Waals surface area (Å²) in [5.41, 5.74) is 3.07.